The number of fused-ring (bicyclic) bond motifs is 1. The van der Waals surface area contributed by atoms with Crippen LogP contribution in [0.5, 0.6) is 0 Å². The van der Waals surface area contributed by atoms with Gasteiger partial charge in [0.05, 0.1) is 30.6 Å². The Morgan fingerprint density at radius 3 is 2.46 bits per heavy atom. The number of hydrogen-bond acceptors (Lipinski definition) is 3. The first-order valence-electron chi connectivity index (χ1n) is 9.84. The van der Waals surface area contributed by atoms with Gasteiger partial charge in [0.2, 0.25) is 5.91 Å². The number of likely N-dealkylation sites (tertiary alicyclic amines) is 1. The van der Waals surface area contributed by atoms with Crippen molar-refractivity contribution >= 4 is 16.7 Å². The summed E-state index contributed by atoms with van der Waals surface area (Å²) < 4.78 is 0. The molecule has 144 valence electrons. The van der Waals surface area contributed by atoms with Crippen LogP contribution in [0.25, 0.3) is 10.8 Å². The van der Waals surface area contributed by atoms with Gasteiger partial charge in [-0.2, -0.15) is 5.10 Å². The number of carbonyl (C=O) groups excluding carboxylic acids is 1. The Hall–Kier alpha value is -2.99. The Kier molecular flexibility index (Phi) is 5.48. The third kappa shape index (κ3) is 4.12. The topological polar surface area (TPSA) is 79.3 Å². The third-order valence-electron chi connectivity index (χ3n) is 5.45. The summed E-state index contributed by atoms with van der Waals surface area (Å²) in [5.41, 5.74) is 2.81. The monoisotopic (exact) mass is 377 g/mol. The molecule has 0 spiro atoms. The highest BCUT2D eigenvalue weighted by Crippen LogP contribution is 2.13. The largest absolute Gasteiger partial charge is 0.352 e. The summed E-state index contributed by atoms with van der Waals surface area (Å²) in [4.78, 5) is 26.0. The summed E-state index contributed by atoms with van der Waals surface area (Å²) in [5.74, 6) is -0.104. The molecule has 1 aromatic heterocycles. The van der Waals surface area contributed by atoms with Gasteiger partial charge in [0, 0.05) is 30.3 Å². The fourth-order valence-electron chi connectivity index (χ4n) is 3.94. The molecule has 0 bridgehead atoms. The van der Waals surface area contributed by atoms with Crippen molar-refractivity contribution in [2.75, 3.05) is 13.1 Å². The minimum Gasteiger partial charge on any atom is -0.352 e. The van der Waals surface area contributed by atoms with Crippen molar-refractivity contribution in [2.45, 2.75) is 32.4 Å². The van der Waals surface area contributed by atoms with E-state index in [1.54, 1.807) is 17.0 Å². The fraction of sp³-hybridized carbons (Fsp3) is 0.318. The zero-order valence-corrected chi connectivity index (χ0v) is 15.8. The fourth-order valence-corrected chi connectivity index (χ4v) is 3.94. The molecular weight excluding hydrogens is 352 g/mol. The number of nitrogens with one attached hydrogen (secondary N) is 3. The lowest BCUT2D eigenvalue weighted by atomic mass is 10.1. The molecule has 0 unspecified atom stereocenters. The number of amides is 1. The van der Waals surface area contributed by atoms with Crippen molar-refractivity contribution in [3.05, 3.63) is 75.7 Å². The van der Waals surface area contributed by atoms with E-state index in [2.05, 4.69) is 33.7 Å². The summed E-state index contributed by atoms with van der Waals surface area (Å²) in [7, 11) is 0. The molecule has 0 radical (unpaired) electrons. The Labute approximate surface area is 163 Å². The van der Waals surface area contributed by atoms with E-state index in [1.165, 1.54) is 31.5 Å². The van der Waals surface area contributed by atoms with Crippen LogP contribution in [0.2, 0.25) is 0 Å². The molecule has 1 amide bonds. The van der Waals surface area contributed by atoms with Gasteiger partial charge >= 0.3 is 0 Å². The van der Waals surface area contributed by atoms with E-state index in [0.29, 0.717) is 17.6 Å². The van der Waals surface area contributed by atoms with Crippen LogP contribution < -0.4 is 15.8 Å². The summed E-state index contributed by atoms with van der Waals surface area (Å²) in [6, 6.07) is 15.5. The van der Waals surface area contributed by atoms with Gasteiger partial charge in [-0.05, 0) is 11.6 Å². The molecule has 4 rings (SSSR count). The lowest BCUT2D eigenvalue weighted by Crippen LogP contribution is -3.08. The molecule has 1 fully saturated rings. The first-order valence-corrected chi connectivity index (χ1v) is 9.84. The van der Waals surface area contributed by atoms with Gasteiger partial charge in [0.25, 0.3) is 5.56 Å². The van der Waals surface area contributed by atoms with Crippen molar-refractivity contribution in [3.63, 3.8) is 0 Å². The van der Waals surface area contributed by atoms with Crippen molar-refractivity contribution in [3.8, 4) is 0 Å². The van der Waals surface area contributed by atoms with Gasteiger partial charge in [-0.15, -0.1) is 0 Å². The predicted octanol–water partition coefficient (Wildman–Crippen LogP) is 0.961. The number of hydrogen-bond donors (Lipinski definition) is 3. The first-order chi connectivity index (χ1) is 13.7. The van der Waals surface area contributed by atoms with E-state index in [0.717, 1.165) is 17.5 Å². The van der Waals surface area contributed by atoms with Crippen LogP contribution >= 0.6 is 0 Å². The summed E-state index contributed by atoms with van der Waals surface area (Å²) in [6.07, 6.45) is 2.74. The van der Waals surface area contributed by atoms with Crippen LogP contribution in [0.4, 0.5) is 0 Å². The SMILES string of the molecule is O=C(Cc1n[nH]c(=O)c2ccccc12)NCc1ccccc1C[NH+]1CCCC1. The molecule has 1 saturated heterocycles. The molecule has 0 aliphatic carbocycles. The lowest BCUT2D eigenvalue weighted by molar-refractivity contribution is -0.901. The van der Waals surface area contributed by atoms with Crippen molar-refractivity contribution < 1.29 is 9.69 Å². The van der Waals surface area contributed by atoms with Gasteiger partial charge in [-0.25, -0.2) is 5.10 Å². The Morgan fingerprint density at radius 1 is 1.00 bits per heavy atom. The lowest BCUT2D eigenvalue weighted by Gasteiger charge is -2.15. The second-order valence-corrected chi connectivity index (χ2v) is 7.40. The van der Waals surface area contributed by atoms with Gasteiger partial charge in [-0.1, -0.05) is 42.5 Å². The Bertz CT molecular complexity index is 1040. The highest BCUT2D eigenvalue weighted by molar-refractivity contribution is 5.88. The first kappa shape index (κ1) is 18.4. The van der Waals surface area contributed by atoms with E-state index in [1.807, 2.05) is 18.2 Å². The van der Waals surface area contributed by atoms with Crippen LogP contribution in [0, 0.1) is 0 Å². The van der Waals surface area contributed by atoms with Crippen molar-refractivity contribution in [2.24, 2.45) is 0 Å². The van der Waals surface area contributed by atoms with Crippen LogP contribution in [-0.2, 0) is 24.3 Å². The third-order valence-corrected chi connectivity index (χ3v) is 5.45. The number of rotatable bonds is 6. The van der Waals surface area contributed by atoms with Gasteiger partial charge < -0.3 is 10.2 Å². The minimum absolute atomic E-state index is 0.104. The van der Waals surface area contributed by atoms with E-state index in [9.17, 15) is 9.59 Å². The smallest absolute Gasteiger partial charge is 0.272 e. The summed E-state index contributed by atoms with van der Waals surface area (Å²) in [5, 5.41) is 10.9. The quantitative estimate of drug-likeness (QED) is 0.599. The molecule has 0 atom stereocenters. The van der Waals surface area contributed by atoms with Crippen LogP contribution in [-0.4, -0.2) is 29.2 Å². The molecule has 6 heteroatoms. The second kappa shape index (κ2) is 8.35. The maximum Gasteiger partial charge on any atom is 0.272 e. The molecule has 0 saturated carbocycles. The molecule has 3 N–H and O–H groups in total. The molecule has 3 aromatic rings. The van der Waals surface area contributed by atoms with E-state index < -0.39 is 0 Å². The Balaban J connectivity index is 1.43. The highest BCUT2D eigenvalue weighted by Gasteiger charge is 2.17. The predicted molar refractivity (Wildman–Crippen MR) is 108 cm³/mol. The summed E-state index contributed by atoms with van der Waals surface area (Å²) >= 11 is 0. The number of nitrogens with zero attached hydrogens (tertiary/aromatic N) is 1. The standard InChI is InChI=1S/C22H24N4O2/c27-21(13-20-18-9-3-4-10-19(18)22(28)25-24-20)23-14-16-7-1-2-8-17(16)15-26-11-5-6-12-26/h1-4,7-10H,5-6,11-15H2,(H,23,27)(H,25,28)/p+1. The molecule has 2 heterocycles. The van der Waals surface area contributed by atoms with Gasteiger partial charge in [0.1, 0.15) is 6.54 Å². The van der Waals surface area contributed by atoms with Crippen molar-refractivity contribution in [1.82, 2.24) is 15.5 Å². The molecule has 6 nitrogen and oxygen atoms in total. The van der Waals surface area contributed by atoms with Gasteiger partial charge in [0.15, 0.2) is 0 Å². The zero-order chi connectivity index (χ0) is 19.3. The maximum absolute atomic E-state index is 12.5. The highest BCUT2D eigenvalue weighted by atomic mass is 16.1. The molecular formula is C22H25N4O2+. The number of aromatic amines is 1. The number of H-pyrrole nitrogens is 1. The van der Waals surface area contributed by atoms with Crippen molar-refractivity contribution in [1.29, 1.82) is 0 Å². The zero-order valence-electron chi connectivity index (χ0n) is 15.8. The number of aromatic nitrogens is 2. The van der Waals surface area contributed by atoms with E-state index >= 15 is 0 Å². The average Bonchev–Trinajstić information content (AvgIpc) is 3.23. The molecule has 1 aliphatic rings. The van der Waals surface area contributed by atoms with E-state index in [4.69, 9.17) is 0 Å². The van der Waals surface area contributed by atoms with Crippen LogP contribution in [0.15, 0.2) is 53.3 Å². The summed E-state index contributed by atoms with van der Waals surface area (Å²) in [6.45, 7) is 3.97. The molecule has 1 aliphatic heterocycles. The average molecular weight is 377 g/mol. The number of benzene rings is 2. The molecule has 2 aromatic carbocycles. The minimum atomic E-state index is -0.238. The Morgan fingerprint density at radius 2 is 1.68 bits per heavy atom. The van der Waals surface area contributed by atoms with E-state index in [-0.39, 0.29) is 17.9 Å². The van der Waals surface area contributed by atoms with Crippen LogP contribution in [0.1, 0.15) is 29.7 Å². The maximum atomic E-state index is 12.5. The van der Waals surface area contributed by atoms with Gasteiger partial charge in [-0.3, -0.25) is 9.59 Å². The number of quaternary nitrogens is 1. The molecule has 28 heavy (non-hydrogen) atoms. The number of carbonyl (C=O) groups is 1. The van der Waals surface area contributed by atoms with Crippen LogP contribution in [0.3, 0.4) is 0 Å². The second-order valence-electron chi connectivity index (χ2n) is 7.40. The normalized spacial score (nSPS) is 14.4.